The summed E-state index contributed by atoms with van der Waals surface area (Å²) >= 11 is 0. The first-order valence-corrected chi connectivity index (χ1v) is 13.0. The van der Waals surface area contributed by atoms with E-state index < -0.39 is 0 Å². The quantitative estimate of drug-likeness (QED) is 0.180. The van der Waals surface area contributed by atoms with Crippen LogP contribution in [-0.2, 0) is 35.5 Å². The Morgan fingerprint density at radius 2 is 0.947 bits per heavy atom. The smallest absolute Gasteiger partial charge is 0.118 e. The van der Waals surface area contributed by atoms with Crippen molar-refractivity contribution in [1.29, 1.82) is 0 Å². The highest BCUT2D eigenvalue weighted by Crippen LogP contribution is 2.13. The second-order valence-corrected chi connectivity index (χ2v) is 8.65. The highest BCUT2D eigenvalue weighted by molar-refractivity contribution is 5.27. The van der Waals surface area contributed by atoms with Crippen LogP contribution in [0.1, 0.15) is 35.4 Å². The summed E-state index contributed by atoms with van der Waals surface area (Å²) in [5, 5.41) is 0. The van der Waals surface area contributed by atoms with Crippen molar-refractivity contribution in [3.8, 4) is 11.5 Å². The molecule has 2 heterocycles. The molecule has 0 aliphatic carbocycles. The molecule has 0 bridgehead atoms. The Balaban J connectivity index is 0.000000211. The molecular weight excluding hydrogens is 476 g/mol. The summed E-state index contributed by atoms with van der Waals surface area (Å²) < 4.78 is 21.5. The van der Waals surface area contributed by atoms with Crippen molar-refractivity contribution in [2.45, 2.75) is 38.9 Å². The molecule has 0 amide bonds. The topological polar surface area (TPSA) is 62.7 Å². The fourth-order valence-corrected chi connectivity index (χ4v) is 3.63. The third-order valence-electron chi connectivity index (χ3n) is 5.75. The summed E-state index contributed by atoms with van der Waals surface area (Å²) in [6.07, 6.45) is 7.56. The van der Waals surface area contributed by atoms with Crippen molar-refractivity contribution in [3.63, 3.8) is 0 Å². The lowest BCUT2D eigenvalue weighted by molar-refractivity contribution is 0.118. The van der Waals surface area contributed by atoms with Crippen LogP contribution in [0.25, 0.3) is 0 Å². The SMILES string of the molecule is COc1ccc(COCCCc2ccccn2)cc1.COc1ccc(COCCCc2ccccn2)cc1. The van der Waals surface area contributed by atoms with Gasteiger partial charge in [-0.25, -0.2) is 0 Å². The molecule has 0 spiro atoms. The highest BCUT2D eigenvalue weighted by atomic mass is 16.5. The van der Waals surface area contributed by atoms with Crippen molar-refractivity contribution >= 4 is 0 Å². The van der Waals surface area contributed by atoms with Gasteiger partial charge in [0, 0.05) is 37.0 Å². The number of hydrogen-bond donors (Lipinski definition) is 0. The van der Waals surface area contributed by atoms with Gasteiger partial charge in [-0.15, -0.1) is 0 Å². The van der Waals surface area contributed by atoms with Crippen molar-refractivity contribution in [2.75, 3.05) is 27.4 Å². The summed E-state index contributed by atoms with van der Waals surface area (Å²) in [6, 6.07) is 27.9. The molecule has 0 atom stereocenters. The zero-order valence-electron chi connectivity index (χ0n) is 22.4. The number of hydrogen-bond acceptors (Lipinski definition) is 6. The van der Waals surface area contributed by atoms with Crippen LogP contribution in [0.15, 0.2) is 97.3 Å². The second kappa shape index (κ2) is 17.7. The van der Waals surface area contributed by atoms with E-state index in [1.54, 1.807) is 14.2 Å². The molecule has 0 N–H and O–H groups in total. The standard InChI is InChI=1S/2C16H19NO2/c2*1-18-16-9-7-14(8-10-16)13-19-12-4-6-15-5-2-3-11-17-15/h2*2-3,5,7-11H,4,6,12-13H2,1H3. The number of aryl methyl sites for hydroxylation is 2. The van der Waals surface area contributed by atoms with Crippen molar-refractivity contribution in [1.82, 2.24) is 9.97 Å². The Hall–Kier alpha value is -3.74. The Morgan fingerprint density at radius 3 is 1.29 bits per heavy atom. The molecule has 6 nitrogen and oxygen atoms in total. The summed E-state index contributed by atoms with van der Waals surface area (Å²) in [6.45, 7) is 2.80. The van der Waals surface area contributed by atoms with E-state index in [4.69, 9.17) is 18.9 Å². The van der Waals surface area contributed by atoms with E-state index in [2.05, 4.69) is 9.97 Å². The van der Waals surface area contributed by atoms with Crippen LogP contribution in [0.5, 0.6) is 11.5 Å². The molecule has 0 fully saturated rings. The normalized spacial score (nSPS) is 10.4. The van der Waals surface area contributed by atoms with Crippen LogP contribution in [0.4, 0.5) is 0 Å². The zero-order chi connectivity index (χ0) is 26.7. The van der Waals surface area contributed by atoms with Gasteiger partial charge in [-0.1, -0.05) is 36.4 Å². The minimum absolute atomic E-state index is 0.645. The Bertz CT molecular complexity index is 1030. The molecule has 2 aromatic carbocycles. The fourth-order valence-electron chi connectivity index (χ4n) is 3.63. The van der Waals surface area contributed by atoms with Crippen LogP contribution in [-0.4, -0.2) is 37.4 Å². The molecule has 4 rings (SSSR count). The first-order valence-electron chi connectivity index (χ1n) is 13.0. The molecule has 38 heavy (non-hydrogen) atoms. The van der Waals surface area contributed by atoms with Gasteiger partial charge < -0.3 is 18.9 Å². The van der Waals surface area contributed by atoms with Crippen LogP contribution < -0.4 is 9.47 Å². The van der Waals surface area contributed by atoms with E-state index in [9.17, 15) is 0 Å². The minimum atomic E-state index is 0.645. The summed E-state index contributed by atoms with van der Waals surface area (Å²) in [5.74, 6) is 1.75. The van der Waals surface area contributed by atoms with E-state index in [-0.39, 0.29) is 0 Å². The number of benzene rings is 2. The Labute approximate surface area is 226 Å². The first-order chi connectivity index (χ1) is 18.8. The molecule has 0 radical (unpaired) electrons. The average molecular weight is 515 g/mol. The minimum Gasteiger partial charge on any atom is -0.497 e. The van der Waals surface area contributed by atoms with Crippen LogP contribution in [0.3, 0.4) is 0 Å². The maximum Gasteiger partial charge on any atom is 0.118 e. The number of rotatable bonds is 14. The van der Waals surface area contributed by atoms with Crippen LogP contribution >= 0.6 is 0 Å². The number of nitrogens with zero attached hydrogens (tertiary/aromatic N) is 2. The molecule has 0 saturated heterocycles. The predicted octanol–water partition coefficient (Wildman–Crippen LogP) is 6.48. The lowest BCUT2D eigenvalue weighted by atomic mass is 10.2. The highest BCUT2D eigenvalue weighted by Gasteiger charge is 1.98. The van der Waals surface area contributed by atoms with E-state index >= 15 is 0 Å². The monoisotopic (exact) mass is 514 g/mol. The Kier molecular flexibility index (Phi) is 13.4. The maximum atomic E-state index is 5.65. The van der Waals surface area contributed by atoms with Gasteiger partial charge in [0.05, 0.1) is 27.4 Å². The third kappa shape index (κ3) is 11.5. The summed E-state index contributed by atoms with van der Waals surface area (Å²) in [7, 11) is 3.34. The maximum absolute atomic E-state index is 5.65. The molecule has 4 aromatic rings. The van der Waals surface area contributed by atoms with Crippen LogP contribution in [0.2, 0.25) is 0 Å². The number of ether oxygens (including phenoxy) is 4. The van der Waals surface area contributed by atoms with Gasteiger partial charge in [-0.2, -0.15) is 0 Å². The number of pyridine rings is 2. The lowest BCUT2D eigenvalue weighted by Crippen LogP contribution is -1.98. The van der Waals surface area contributed by atoms with Gasteiger partial charge in [0.15, 0.2) is 0 Å². The third-order valence-corrected chi connectivity index (χ3v) is 5.75. The average Bonchev–Trinajstić information content (AvgIpc) is 2.99. The molecule has 6 heteroatoms. The molecule has 0 aliphatic rings. The van der Waals surface area contributed by atoms with E-state index in [0.717, 1.165) is 61.8 Å². The van der Waals surface area contributed by atoms with Crippen molar-refractivity contribution in [2.24, 2.45) is 0 Å². The largest absolute Gasteiger partial charge is 0.497 e. The van der Waals surface area contributed by atoms with Gasteiger partial charge in [-0.3, -0.25) is 9.97 Å². The van der Waals surface area contributed by atoms with Gasteiger partial charge in [0.25, 0.3) is 0 Å². The summed E-state index contributed by atoms with van der Waals surface area (Å²) in [5.41, 5.74) is 4.57. The van der Waals surface area contributed by atoms with E-state index in [0.29, 0.717) is 13.2 Å². The van der Waals surface area contributed by atoms with Crippen molar-refractivity contribution < 1.29 is 18.9 Å². The molecule has 0 saturated carbocycles. The molecule has 2 aromatic heterocycles. The predicted molar refractivity (Wildman–Crippen MR) is 150 cm³/mol. The second-order valence-electron chi connectivity index (χ2n) is 8.65. The lowest BCUT2D eigenvalue weighted by Gasteiger charge is -2.05. The summed E-state index contributed by atoms with van der Waals surface area (Å²) in [4.78, 5) is 8.57. The van der Waals surface area contributed by atoms with Crippen LogP contribution in [0, 0.1) is 0 Å². The molecule has 0 aliphatic heterocycles. The Morgan fingerprint density at radius 1 is 0.526 bits per heavy atom. The molecular formula is C32H38N2O4. The van der Waals surface area contributed by atoms with E-state index in [1.165, 1.54) is 11.1 Å². The molecule has 200 valence electrons. The van der Waals surface area contributed by atoms with Gasteiger partial charge in [0.2, 0.25) is 0 Å². The number of aromatic nitrogens is 2. The van der Waals surface area contributed by atoms with Gasteiger partial charge >= 0.3 is 0 Å². The van der Waals surface area contributed by atoms with Gasteiger partial charge in [-0.05, 0) is 85.3 Å². The molecule has 0 unspecified atom stereocenters. The van der Waals surface area contributed by atoms with E-state index in [1.807, 2.05) is 97.3 Å². The van der Waals surface area contributed by atoms with Crippen molar-refractivity contribution in [3.05, 3.63) is 120 Å². The zero-order valence-corrected chi connectivity index (χ0v) is 22.4. The fraction of sp³-hybridized carbons (Fsp3) is 0.312. The van der Waals surface area contributed by atoms with Gasteiger partial charge in [0.1, 0.15) is 11.5 Å². The number of methoxy groups -OCH3 is 2. The first kappa shape index (κ1) is 28.8.